The second kappa shape index (κ2) is 9.44. The lowest BCUT2D eigenvalue weighted by atomic mass is 10.2. The molecule has 8 heteroatoms. The summed E-state index contributed by atoms with van der Waals surface area (Å²) >= 11 is 6.08. The van der Waals surface area contributed by atoms with Gasteiger partial charge in [0.2, 0.25) is 5.96 Å². The molecule has 0 atom stereocenters. The molecule has 0 saturated carbocycles. The Balaban J connectivity index is 0.00000400. The predicted molar refractivity (Wildman–Crippen MR) is 87.2 cm³/mol. The monoisotopic (exact) mass is 334 g/mol. The van der Waals surface area contributed by atoms with Crippen LogP contribution in [-0.2, 0) is 4.84 Å². The summed E-state index contributed by atoms with van der Waals surface area (Å²) in [5.41, 5.74) is 8.84. The molecule has 1 aromatic carbocycles. The number of nitrogens with zero attached hydrogens (tertiary/aromatic N) is 1. The number of para-hydroxylation sites is 1. The van der Waals surface area contributed by atoms with Crippen molar-refractivity contribution < 1.29 is 9.63 Å². The van der Waals surface area contributed by atoms with Crippen LogP contribution in [0.5, 0.6) is 0 Å². The zero-order chi connectivity index (χ0) is 15.1. The SMILES string of the molecule is CCCCONC(=O)N(C(=N)N)c1c(C)cccc1Cl.Cl. The first-order valence-corrected chi connectivity index (χ1v) is 6.67. The van der Waals surface area contributed by atoms with Gasteiger partial charge in [0.25, 0.3) is 0 Å². The quantitative estimate of drug-likeness (QED) is 0.334. The van der Waals surface area contributed by atoms with Crippen molar-refractivity contribution >= 4 is 41.7 Å². The van der Waals surface area contributed by atoms with Gasteiger partial charge in [-0.25, -0.2) is 15.2 Å². The molecule has 0 spiro atoms. The smallest absolute Gasteiger partial charge is 0.352 e. The summed E-state index contributed by atoms with van der Waals surface area (Å²) in [5, 5.41) is 7.89. The maximum absolute atomic E-state index is 12.1. The minimum Gasteiger partial charge on any atom is -0.369 e. The van der Waals surface area contributed by atoms with Gasteiger partial charge in [0.15, 0.2) is 0 Å². The number of amides is 2. The van der Waals surface area contributed by atoms with E-state index in [1.807, 2.05) is 6.92 Å². The molecule has 0 heterocycles. The van der Waals surface area contributed by atoms with Gasteiger partial charge in [0.05, 0.1) is 17.3 Å². The number of halogens is 2. The van der Waals surface area contributed by atoms with Crippen LogP contribution in [0.15, 0.2) is 18.2 Å². The van der Waals surface area contributed by atoms with Crippen molar-refractivity contribution in [3.05, 3.63) is 28.8 Å². The summed E-state index contributed by atoms with van der Waals surface area (Å²) in [6.07, 6.45) is 1.78. The Bertz CT molecular complexity index is 477. The molecular formula is C13H20Cl2N4O2. The molecule has 0 aliphatic carbocycles. The lowest BCUT2D eigenvalue weighted by molar-refractivity contribution is 0.0626. The Morgan fingerprint density at radius 1 is 1.52 bits per heavy atom. The normalized spacial score (nSPS) is 9.67. The van der Waals surface area contributed by atoms with Crippen LogP contribution in [0, 0.1) is 12.3 Å². The van der Waals surface area contributed by atoms with E-state index in [1.54, 1.807) is 25.1 Å². The fourth-order valence-corrected chi connectivity index (χ4v) is 1.92. The number of hydroxylamine groups is 1. The van der Waals surface area contributed by atoms with E-state index < -0.39 is 12.0 Å². The number of aryl methyl sites for hydroxylation is 1. The van der Waals surface area contributed by atoms with Crippen molar-refractivity contribution in [2.24, 2.45) is 5.73 Å². The Kier molecular flexibility index (Phi) is 8.76. The zero-order valence-corrected chi connectivity index (χ0v) is 13.6. The van der Waals surface area contributed by atoms with Crippen molar-refractivity contribution in [1.82, 2.24) is 5.48 Å². The Morgan fingerprint density at radius 3 is 2.71 bits per heavy atom. The van der Waals surface area contributed by atoms with Gasteiger partial charge in [-0.2, -0.15) is 0 Å². The molecule has 0 aliphatic rings. The minimum atomic E-state index is -0.648. The standard InChI is InChI=1S/C13H19ClN4O2.ClH/c1-3-4-8-20-17-13(19)18(12(15)16)11-9(2)6-5-7-10(11)14;/h5-7H,3-4,8H2,1-2H3,(H3,15,16)(H,17,19);1H. The van der Waals surface area contributed by atoms with Crippen molar-refractivity contribution in [2.45, 2.75) is 26.7 Å². The third kappa shape index (κ3) is 5.41. The number of benzene rings is 1. The number of rotatable bonds is 5. The van der Waals surface area contributed by atoms with E-state index in [0.29, 0.717) is 17.3 Å². The number of hydrogen-bond acceptors (Lipinski definition) is 3. The lowest BCUT2D eigenvalue weighted by Crippen LogP contribution is -2.47. The molecule has 1 aromatic rings. The van der Waals surface area contributed by atoms with E-state index in [1.165, 1.54) is 0 Å². The summed E-state index contributed by atoms with van der Waals surface area (Å²) in [5.74, 6) is -0.433. The van der Waals surface area contributed by atoms with E-state index in [0.717, 1.165) is 23.3 Å². The Labute approximate surface area is 135 Å². The highest BCUT2D eigenvalue weighted by Crippen LogP contribution is 2.29. The first-order valence-electron chi connectivity index (χ1n) is 6.30. The Hall–Kier alpha value is -1.50. The summed E-state index contributed by atoms with van der Waals surface area (Å²) < 4.78 is 0. The molecule has 118 valence electrons. The summed E-state index contributed by atoms with van der Waals surface area (Å²) in [6, 6.07) is 4.52. The van der Waals surface area contributed by atoms with E-state index in [-0.39, 0.29) is 12.4 Å². The number of carbonyl (C=O) groups is 1. The molecule has 0 fully saturated rings. The van der Waals surface area contributed by atoms with Crippen LogP contribution in [0.3, 0.4) is 0 Å². The first-order chi connectivity index (χ1) is 9.49. The molecule has 4 N–H and O–H groups in total. The highest BCUT2D eigenvalue weighted by molar-refractivity contribution is 6.35. The number of nitrogens with two attached hydrogens (primary N) is 1. The van der Waals surface area contributed by atoms with Crippen LogP contribution in [-0.4, -0.2) is 18.6 Å². The number of hydrogen-bond donors (Lipinski definition) is 3. The summed E-state index contributed by atoms with van der Waals surface area (Å²) in [7, 11) is 0. The van der Waals surface area contributed by atoms with Crippen LogP contribution in [0.25, 0.3) is 0 Å². The molecule has 6 nitrogen and oxygen atoms in total. The minimum absolute atomic E-state index is 0. The first kappa shape index (κ1) is 19.5. The molecule has 0 saturated heterocycles. The zero-order valence-electron chi connectivity index (χ0n) is 12.0. The molecule has 0 radical (unpaired) electrons. The predicted octanol–water partition coefficient (Wildman–Crippen LogP) is 3.21. The van der Waals surface area contributed by atoms with Crippen LogP contribution < -0.4 is 16.1 Å². The molecule has 0 aliphatic heterocycles. The van der Waals surface area contributed by atoms with Crippen molar-refractivity contribution in [2.75, 3.05) is 11.5 Å². The Morgan fingerprint density at radius 2 is 2.19 bits per heavy atom. The molecule has 0 bridgehead atoms. The van der Waals surface area contributed by atoms with Gasteiger partial charge in [-0.3, -0.25) is 10.2 Å². The lowest BCUT2D eigenvalue weighted by Gasteiger charge is -2.23. The number of carbonyl (C=O) groups excluding carboxylic acids is 1. The van der Waals surface area contributed by atoms with Crippen molar-refractivity contribution in [1.29, 1.82) is 5.41 Å². The topological polar surface area (TPSA) is 91.4 Å². The van der Waals surface area contributed by atoms with Gasteiger partial charge in [0.1, 0.15) is 0 Å². The molecule has 2 amide bonds. The highest BCUT2D eigenvalue weighted by atomic mass is 35.5. The maximum Gasteiger partial charge on any atom is 0.352 e. The fraction of sp³-hybridized carbons (Fsp3) is 0.385. The average molecular weight is 335 g/mol. The van der Waals surface area contributed by atoms with Crippen LogP contribution in [0.1, 0.15) is 25.3 Å². The van der Waals surface area contributed by atoms with Gasteiger partial charge >= 0.3 is 6.03 Å². The average Bonchev–Trinajstić information content (AvgIpc) is 2.38. The van der Waals surface area contributed by atoms with Gasteiger partial charge in [-0.1, -0.05) is 37.1 Å². The molecule has 1 rings (SSSR count). The van der Waals surface area contributed by atoms with Gasteiger partial charge in [0, 0.05) is 0 Å². The van der Waals surface area contributed by atoms with Crippen LogP contribution >= 0.6 is 24.0 Å². The van der Waals surface area contributed by atoms with E-state index in [9.17, 15) is 4.79 Å². The van der Waals surface area contributed by atoms with Gasteiger partial charge < -0.3 is 5.73 Å². The van der Waals surface area contributed by atoms with Crippen molar-refractivity contribution in [3.8, 4) is 0 Å². The molecule has 0 unspecified atom stereocenters. The highest BCUT2D eigenvalue weighted by Gasteiger charge is 2.23. The number of anilines is 1. The molecular weight excluding hydrogens is 315 g/mol. The summed E-state index contributed by atoms with van der Waals surface area (Å²) in [6.45, 7) is 4.19. The van der Waals surface area contributed by atoms with E-state index >= 15 is 0 Å². The third-order valence-electron chi connectivity index (χ3n) is 2.62. The largest absolute Gasteiger partial charge is 0.369 e. The number of nitrogens with one attached hydrogen (secondary N) is 2. The number of unbranched alkanes of at least 4 members (excludes halogenated alkanes) is 1. The summed E-state index contributed by atoms with van der Waals surface area (Å²) in [4.78, 5) is 18.1. The number of guanidine groups is 1. The van der Waals surface area contributed by atoms with Crippen LogP contribution in [0.2, 0.25) is 5.02 Å². The van der Waals surface area contributed by atoms with Crippen LogP contribution in [0.4, 0.5) is 10.5 Å². The maximum atomic E-state index is 12.1. The van der Waals surface area contributed by atoms with E-state index in [4.69, 9.17) is 27.6 Å². The second-order valence-corrected chi connectivity index (χ2v) is 4.64. The fourth-order valence-electron chi connectivity index (χ4n) is 1.61. The number of urea groups is 1. The molecule has 0 aromatic heterocycles. The molecule has 21 heavy (non-hydrogen) atoms. The second-order valence-electron chi connectivity index (χ2n) is 4.24. The van der Waals surface area contributed by atoms with Gasteiger partial charge in [-0.05, 0) is 25.0 Å². The van der Waals surface area contributed by atoms with E-state index in [2.05, 4.69) is 5.48 Å². The van der Waals surface area contributed by atoms with Crippen molar-refractivity contribution in [3.63, 3.8) is 0 Å². The third-order valence-corrected chi connectivity index (χ3v) is 2.92. The van der Waals surface area contributed by atoms with Gasteiger partial charge in [-0.15, -0.1) is 12.4 Å².